The molecule has 6 rings (SSSR count). The number of hydrogen-bond acceptors (Lipinski definition) is 9. The van der Waals surface area contributed by atoms with Crippen LogP contribution in [0.3, 0.4) is 0 Å². The fourth-order valence-corrected chi connectivity index (χ4v) is 5.79. The van der Waals surface area contributed by atoms with Crippen molar-refractivity contribution in [2.24, 2.45) is 5.92 Å². The van der Waals surface area contributed by atoms with Gasteiger partial charge in [0.25, 0.3) is 11.8 Å². The van der Waals surface area contributed by atoms with Gasteiger partial charge in [-0.15, -0.1) is 5.06 Å². The predicted molar refractivity (Wildman–Crippen MR) is 154 cm³/mol. The van der Waals surface area contributed by atoms with E-state index in [4.69, 9.17) is 14.3 Å². The summed E-state index contributed by atoms with van der Waals surface area (Å²) in [4.78, 5) is 59.5. The van der Waals surface area contributed by atoms with Gasteiger partial charge < -0.3 is 24.1 Å². The highest BCUT2D eigenvalue weighted by atomic mass is 16.7. The summed E-state index contributed by atoms with van der Waals surface area (Å²) in [6.45, 7) is 5.15. The third-order valence-electron chi connectivity index (χ3n) is 7.79. The van der Waals surface area contributed by atoms with Crippen LogP contribution in [0.1, 0.15) is 64.1 Å². The first-order valence-corrected chi connectivity index (χ1v) is 13.8. The topological polar surface area (TPSA) is 106 Å². The van der Waals surface area contributed by atoms with Crippen LogP contribution in [0.5, 0.6) is 11.5 Å². The number of carbonyl (C=O) groups excluding carboxylic acids is 4. The smallest absolute Gasteiger partial charge is 0.363 e. The Morgan fingerprint density at radius 2 is 1.48 bits per heavy atom. The molecule has 3 aliphatic heterocycles. The minimum Gasteiger partial charge on any atom is -0.456 e. The Labute approximate surface area is 243 Å². The first-order chi connectivity index (χ1) is 20.0. The Balaban J connectivity index is 1.47. The normalized spacial score (nSPS) is 18.4. The molecule has 1 atom stereocenters. The van der Waals surface area contributed by atoms with Gasteiger partial charge in [-0.05, 0) is 42.3 Å². The van der Waals surface area contributed by atoms with E-state index in [1.807, 2.05) is 62.4 Å². The van der Waals surface area contributed by atoms with E-state index in [0.29, 0.717) is 39.2 Å². The maximum atomic E-state index is 13.5. The molecule has 3 aliphatic rings. The summed E-state index contributed by atoms with van der Waals surface area (Å²) in [5, 5.41) is 0.483. The summed E-state index contributed by atoms with van der Waals surface area (Å²) < 4.78 is 12.7. The van der Waals surface area contributed by atoms with E-state index < -0.39 is 29.4 Å². The fraction of sp³-hybridized carbons (Fsp3) is 0.312. The summed E-state index contributed by atoms with van der Waals surface area (Å²) in [5.41, 5.74) is 2.59. The van der Waals surface area contributed by atoms with Gasteiger partial charge in [0.2, 0.25) is 0 Å². The van der Waals surface area contributed by atoms with Crippen molar-refractivity contribution in [3.05, 3.63) is 82.4 Å². The van der Waals surface area contributed by atoms with E-state index in [1.54, 1.807) is 6.07 Å². The number of benzene rings is 3. The first-order valence-electron chi connectivity index (χ1n) is 13.8. The van der Waals surface area contributed by atoms with E-state index in [2.05, 4.69) is 18.7 Å². The highest BCUT2D eigenvalue weighted by molar-refractivity contribution is 6.04. The average molecular weight is 570 g/mol. The molecule has 0 aliphatic carbocycles. The molecule has 0 saturated carbocycles. The van der Waals surface area contributed by atoms with Crippen molar-refractivity contribution in [1.82, 2.24) is 5.06 Å². The molecule has 1 unspecified atom stereocenters. The highest BCUT2D eigenvalue weighted by Gasteiger charge is 2.54. The standard InChI is InChI=1S/C32H31N3O7/c1-18(2)17-34(5)21-8-11-25-27(16-21)40-26-15-20(33(3)4)7-10-24(26)32(25)23-9-6-19(14-22(23)31(39)41-32)30(38)42-35-28(36)12-13-29(35)37/h6-11,14-16,18H,12-13,17H2,1-5H3. The van der Waals surface area contributed by atoms with Crippen LogP contribution in [-0.2, 0) is 24.8 Å². The molecule has 1 saturated heterocycles. The molecule has 0 N–H and O–H groups in total. The molecule has 3 aromatic rings. The maximum Gasteiger partial charge on any atom is 0.363 e. The SMILES string of the molecule is CC(C)CN(C)c1ccc2c(c1)Oc1cc(N(C)C)ccc1C21OC(=O)c2cc(C(=O)ON3C(=O)CCC3=O)ccc21. The van der Waals surface area contributed by atoms with Gasteiger partial charge in [0, 0.05) is 80.7 Å². The van der Waals surface area contributed by atoms with Crippen LogP contribution in [0.2, 0.25) is 0 Å². The molecular weight excluding hydrogens is 538 g/mol. The van der Waals surface area contributed by atoms with Gasteiger partial charge in [0.15, 0.2) is 5.60 Å². The Hall–Kier alpha value is -4.86. The van der Waals surface area contributed by atoms with Gasteiger partial charge in [-0.2, -0.15) is 0 Å². The van der Waals surface area contributed by atoms with Crippen LogP contribution in [-0.4, -0.2) is 56.5 Å². The van der Waals surface area contributed by atoms with Crippen molar-refractivity contribution in [1.29, 1.82) is 0 Å². The third-order valence-corrected chi connectivity index (χ3v) is 7.79. The van der Waals surface area contributed by atoms with Crippen molar-refractivity contribution < 1.29 is 33.5 Å². The van der Waals surface area contributed by atoms with Crippen LogP contribution in [0, 0.1) is 5.92 Å². The zero-order valence-corrected chi connectivity index (χ0v) is 24.1. The minimum atomic E-state index is -1.32. The van der Waals surface area contributed by atoms with Crippen LogP contribution in [0.4, 0.5) is 11.4 Å². The quantitative estimate of drug-likeness (QED) is 0.310. The van der Waals surface area contributed by atoms with Crippen LogP contribution >= 0.6 is 0 Å². The molecule has 0 radical (unpaired) electrons. The zero-order chi connectivity index (χ0) is 29.9. The molecule has 42 heavy (non-hydrogen) atoms. The number of amides is 2. The summed E-state index contributed by atoms with van der Waals surface area (Å²) in [6.07, 6.45) is -0.0346. The molecule has 3 heterocycles. The monoisotopic (exact) mass is 569 g/mol. The lowest BCUT2D eigenvalue weighted by atomic mass is 9.77. The lowest BCUT2D eigenvalue weighted by molar-refractivity contribution is -0.172. The van der Waals surface area contributed by atoms with Gasteiger partial charge in [-0.1, -0.05) is 19.9 Å². The number of fused-ring (bicyclic) bond motifs is 6. The van der Waals surface area contributed by atoms with E-state index in [0.717, 1.165) is 17.9 Å². The van der Waals surface area contributed by atoms with Crippen molar-refractivity contribution >= 4 is 35.1 Å². The van der Waals surface area contributed by atoms with Crippen molar-refractivity contribution in [3.63, 3.8) is 0 Å². The molecule has 1 spiro atoms. The van der Waals surface area contributed by atoms with Gasteiger partial charge in [0.05, 0.1) is 11.1 Å². The first kappa shape index (κ1) is 27.3. The molecule has 3 aromatic carbocycles. The van der Waals surface area contributed by atoms with Crippen molar-refractivity contribution in [2.75, 3.05) is 37.5 Å². The summed E-state index contributed by atoms with van der Waals surface area (Å²) in [5.74, 6) is -1.15. The Morgan fingerprint density at radius 1 is 0.881 bits per heavy atom. The second kappa shape index (κ2) is 9.90. The number of rotatable bonds is 6. The fourth-order valence-electron chi connectivity index (χ4n) is 5.79. The van der Waals surface area contributed by atoms with Crippen LogP contribution in [0.15, 0.2) is 54.6 Å². The summed E-state index contributed by atoms with van der Waals surface area (Å²) in [7, 11) is 5.89. The van der Waals surface area contributed by atoms with Gasteiger partial charge >= 0.3 is 11.9 Å². The maximum absolute atomic E-state index is 13.5. The third kappa shape index (κ3) is 4.25. The number of anilines is 2. The van der Waals surface area contributed by atoms with E-state index >= 15 is 0 Å². The number of ether oxygens (including phenoxy) is 2. The molecule has 0 bridgehead atoms. The number of carbonyl (C=O) groups is 4. The average Bonchev–Trinajstić information content (AvgIpc) is 3.43. The van der Waals surface area contributed by atoms with Gasteiger partial charge in [0.1, 0.15) is 11.5 Å². The molecule has 10 heteroatoms. The number of imide groups is 1. The number of nitrogens with zero attached hydrogens (tertiary/aromatic N) is 3. The molecular formula is C32H31N3O7. The number of esters is 1. The van der Waals surface area contributed by atoms with Crippen molar-refractivity contribution in [2.45, 2.75) is 32.3 Å². The second-order valence-corrected chi connectivity index (χ2v) is 11.4. The Bertz CT molecular complexity index is 1650. The largest absolute Gasteiger partial charge is 0.456 e. The highest BCUT2D eigenvalue weighted by Crippen LogP contribution is 2.57. The van der Waals surface area contributed by atoms with Gasteiger partial charge in [-0.25, -0.2) is 9.59 Å². The van der Waals surface area contributed by atoms with E-state index in [-0.39, 0.29) is 24.0 Å². The number of hydrogen-bond donors (Lipinski definition) is 0. The molecule has 216 valence electrons. The van der Waals surface area contributed by atoms with Gasteiger partial charge in [-0.3, -0.25) is 9.59 Å². The molecule has 1 fully saturated rings. The molecule has 0 aromatic heterocycles. The predicted octanol–water partition coefficient (Wildman–Crippen LogP) is 4.63. The number of hydroxylamine groups is 2. The minimum absolute atomic E-state index is 0.0105. The Kier molecular flexibility index (Phi) is 6.44. The zero-order valence-electron chi connectivity index (χ0n) is 24.1. The van der Waals surface area contributed by atoms with Crippen LogP contribution < -0.4 is 14.5 Å². The van der Waals surface area contributed by atoms with E-state index in [1.165, 1.54) is 12.1 Å². The van der Waals surface area contributed by atoms with E-state index in [9.17, 15) is 19.2 Å². The van der Waals surface area contributed by atoms with Crippen LogP contribution in [0.25, 0.3) is 0 Å². The summed E-state index contributed by atoms with van der Waals surface area (Å²) in [6, 6.07) is 16.1. The molecule has 10 nitrogen and oxygen atoms in total. The molecule has 2 amide bonds. The lowest BCUT2D eigenvalue weighted by Gasteiger charge is -2.37. The van der Waals surface area contributed by atoms with Crippen molar-refractivity contribution in [3.8, 4) is 11.5 Å². The lowest BCUT2D eigenvalue weighted by Crippen LogP contribution is -2.33. The second-order valence-electron chi connectivity index (χ2n) is 11.4. The summed E-state index contributed by atoms with van der Waals surface area (Å²) >= 11 is 0. The Morgan fingerprint density at radius 3 is 2.10 bits per heavy atom.